The summed E-state index contributed by atoms with van der Waals surface area (Å²) in [4.78, 5) is 14.7. The zero-order valence-electron chi connectivity index (χ0n) is 16.1. The predicted octanol–water partition coefficient (Wildman–Crippen LogP) is 4.22. The lowest BCUT2D eigenvalue weighted by Crippen LogP contribution is -2.42. The number of hydrogen-bond donors (Lipinski definition) is 1. The van der Waals surface area contributed by atoms with Gasteiger partial charge in [0, 0.05) is 31.7 Å². The minimum absolute atomic E-state index is 0.0983. The van der Waals surface area contributed by atoms with Crippen molar-refractivity contribution in [3.63, 3.8) is 0 Å². The highest BCUT2D eigenvalue weighted by Crippen LogP contribution is 2.07. The van der Waals surface area contributed by atoms with E-state index >= 15 is 0 Å². The predicted molar refractivity (Wildman–Crippen MR) is 108 cm³/mol. The van der Waals surface area contributed by atoms with E-state index in [4.69, 9.17) is 0 Å². The Morgan fingerprint density at radius 2 is 1.88 bits per heavy atom. The van der Waals surface area contributed by atoms with E-state index in [1.54, 1.807) is 10.9 Å². The third-order valence-electron chi connectivity index (χ3n) is 4.26. The van der Waals surface area contributed by atoms with Crippen LogP contribution in [0.15, 0.2) is 16.9 Å². The molecule has 25 heavy (non-hydrogen) atoms. The highest BCUT2D eigenvalue weighted by atomic mass is 79.9. The Morgan fingerprint density at radius 1 is 1.24 bits per heavy atom. The van der Waals surface area contributed by atoms with Gasteiger partial charge in [-0.1, -0.05) is 39.5 Å². The first-order chi connectivity index (χ1) is 12.0. The quantitative estimate of drug-likeness (QED) is 0.463. The minimum atomic E-state index is 0.0983. The van der Waals surface area contributed by atoms with Crippen molar-refractivity contribution in [3.05, 3.63) is 16.9 Å². The molecule has 1 aromatic rings. The number of nitrogens with one attached hydrogen (secondary N) is 1. The van der Waals surface area contributed by atoms with Gasteiger partial charge in [-0.3, -0.25) is 9.48 Å². The maximum atomic E-state index is 12.2. The Morgan fingerprint density at radius 3 is 2.40 bits per heavy atom. The zero-order valence-corrected chi connectivity index (χ0v) is 17.7. The average Bonchev–Trinajstić information content (AvgIpc) is 2.98. The molecule has 1 rings (SSSR count). The Balaban J connectivity index is 2.32. The second-order valence-electron chi connectivity index (χ2n) is 6.86. The lowest BCUT2D eigenvalue weighted by atomic mass is 10.2. The second-order valence-corrected chi connectivity index (χ2v) is 7.77. The molecular weight excluding hydrogens is 380 g/mol. The van der Waals surface area contributed by atoms with Crippen LogP contribution in [0, 0.1) is 0 Å². The third-order valence-corrected chi connectivity index (χ3v) is 4.67. The van der Waals surface area contributed by atoms with Crippen LogP contribution >= 0.6 is 15.9 Å². The second kappa shape index (κ2) is 13.3. The van der Waals surface area contributed by atoms with Crippen LogP contribution < -0.4 is 5.32 Å². The number of carbonyl (C=O) groups excluding carboxylic acids is 1. The Labute approximate surface area is 161 Å². The smallest absolute Gasteiger partial charge is 0.222 e. The van der Waals surface area contributed by atoms with Gasteiger partial charge in [-0.25, -0.2) is 0 Å². The van der Waals surface area contributed by atoms with Crippen LogP contribution in [0.1, 0.15) is 65.7 Å². The Kier molecular flexibility index (Phi) is 11.8. The van der Waals surface area contributed by atoms with Crippen molar-refractivity contribution < 1.29 is 4.79 Å². The molecule has 1 N–H and O–H groups in total. The number of carbonyl (C=O) groups is 1. The fraction of sp³-hybridized carbons (Fsp3) is 0.789. The highest BCUT2D eigenvalue weighted by molar-refractivity contribution is 9.10. The van der Waals surface area contributed by atoms with Crippen molar-refractivity contribution >= 4 is 21.8 Å². The Hall–Kier alpha value is -0.880. The lowest BCUT2D eigenvalue weighted by Gasteiger charge is -2.26. The van der Waals surface area contributed by atoms with E-state index in [1.807, 2.05) is 6.20 Å². The molecule has 1 atom stereocenters. The molecule has 1 heterocycles. The zero-order chi connectivity index (χ0) is 18.5. The van der Waals surface area contributed by atoms with Gasteiger partial charge in [-0.05, 0) is 48.8 Å². The van der Waals surface area contributed by atoms with Crippen molar-refractivity contribution in [1.82, 2.24) is 20.0 Å². The van der Waals surface area contributed by atoms with E-state index in [1.165, 1.54) is 38.5 Å². The first-order valence-corrected chi connectivity index (χ1v) is 10.5. The highest BCUT2D eigenvalue weighted by Gasteiger charge is 2.12. The summed E-state index contributed by atoms with van der Waals surface area (Å²) in [7, 11) is 0. The summed E-state index contributed by atoms with van der Waals surface area (Å²) in [5, 5.41) is 7.32. The van der Waals surface area contributed by atoms with Crippen molar-refractivity contribution in [2.24, 2.45) is 0 Å². The van der Waals surface area contributed by atoms with Crippen LogP contribution in [0.3, 0.4) is 0 Å². The topological polar surface area (TPSA) is 50.2 Å². The van der Waals surface area contributed by atoms with E-state index in [-0.39, 0.29) is 11.9 Å². The third kappa shape index (κ3) is 10.6. The molecule has 0 aliphatic carbocycles. The van der Waals surface area contributed by atoms with Crippen LogP contribution in [-0.4, -0.2) is 46.3 Å². The summed E-state index contributed by atoms with van der Waals surface area (Å²) in [6.07, 6.45) is 11.6. The normalized spacial score (nSPS) is 12.5. The van der Waals surface area contributed by atoms with Crippen LogP contribution in [0.4, 0.5) is 0 Å². The number of hydrogen-bond acceptors (Lipinski definition) is 3. The molecule has 1 aromatic heterocycles. The summed E-state index contributed by atoms with van der Waals surface area (Å²) in [6, 6.07) is 0.181. The van der Waals surface area contributed by atoms with Gasteiger partial charge in [0.2, 0.25) is 5.91 Å². The molecule has 1 unspecified atom stereocenters. The van der Waals surface area contributed by atoms with Crippen molar-refractivity contribution in [1.29, 1.82) is 0 Å². The minimum Gasteiger partial charge on any atom is -0.352 e. The molecule has 0 spiro atoms. The van der Waals surface area contributed by atoms with E-state index in [0.29, 0.717) is 13.0 Å². The van der Waals surface area contributed by atoms with Crippen LogP contribution in [0.5, 0.6) is 0 Å². The molecule has 6 heteroatoms. The van der Waals surface area contributed by atoms with Gasteiger partial charge in [-0.15, -0.1) is 0 Å². The molecule has 0 aliphatic heterocycles. The molecule has 144 valence electrons. The van der Waals surface area contributed by atoms with Crippen LogP contribution in [0.25, 0.3) is 0 Å². The van der Waals surface area contributed by atoms with E-state index in [2.05, 4.69) is 52.0 Å². The summed E-state index contributed by atoms with van der Waals surface area (Å²) in [6.45, 7) is 10.4. The van der Waals surface area contributed by atoms with E-state index in [0.717, 1.165) is 24.1 Å². The van der Waals surface area contributed by atoms with E-state index in [9.17, 15) is 4.79 Å². The van der Waals surface area contributed by atoms with Crippen LogP contribution in [-0.2, 0) is 11.3 Å². The summed E-state index contributed by atoms with van der Waals surface area (Å²) < 4.78 is 2.73. The Bertz CT molecular complexity index is 468. The number of aryl methyl sites for hydroxylation is 1. The first-order valence-electron chi connectivity index (χ1n) is 9.74. The number of rotatable bonds is 14. The largest absolute Gasteiger partial charge is 0.352 e. The fourth-order valence-corrected chi connectivity index (χ4v) is 3.25. The van der Waals surface area contributed by atoms with Crippen LogP contribution in [0.2, 0.25) is 0 Å². The number of unbranched alkanes of at least 4 members (excludes halogenated alkanes) is 4. The molecular formula is C19H35BrN4O. The summed E-state index contributed by atoms with van der Waals surface area (Å²) >= 11 is 3.37. The first kappa shape index (κ1) is 22.2. The van der Waals surface area contributed by atoms with E-state index < -0.39 is 0 Å². The summed E-state index contributed by atoms with van der Waals surface area (Å²) in [5.74, 6) is 0.0983. The molecule has 0 bridgehead atoms. The van der Waals surface area contributed by atoms with Gasteiger partial charge in [0.1, 0.15) is 0 Å². The van der Waals surface area contributed by atoms with Gasteiger partial charge in [0.15, 0.2) is 0 Å². The average molecular weight is 415 g/mol. The molecule has 0 aromatic carbocycles. The van der Waals surface area contributed by atoms with Crippen molar-refractivity contribution in [3.8, 4) is 0 Å². The molecule has 1 amide bonds. The molecule has 0 saturated heterocycles. The van der Waals surface area contributed by atoms with Gasteiger partial charge >= 0.3 is 0 Å². The standard InChI is InChI=1S/C19H35BrN4O/c1-4-6-8-11-23(12-9-7-5-2)15-17(3)22-19(25)10-13-24-16-18(20)14-21-24/h14,16-17H,4-13,15H2,1-3H3,(H,22,25). The summed E-state index contributed by atoms with van der Waals surface area (Å²) in [5.41, 5.74) is 0. The number of aromatic nitrogens is 2. The maximum absolute atomic E-state index is 12.2. The molecule has 0 radical (unpaired) electrons. The van der Waals surface area contributed by atoms with Gasteiger partial charge < -0.3 is 10.2 Å². The molecule has 0 fully saturated rings. The maximum Gasteiger partial charge on any atom is 0.222 e. The number of nitrogens with zero attached hydrogens (tertiary/aromatic N) is 3. The molecule has 5 nitrogen and oxygen atoms in total. The van der Waals surface area contributed by atoms with Gasteiger partial charge in [-0.2, -0.15) is 5.10 Å². The SMILES string of the molecule is CCCCCN(CCCCC)CC(C)NC(=O)CCn1cc(Br)cn1. The van der Waals surface area contributed by atoms with Crippen molar-refractivity contribution in [2.45, 2.75) is 78.3 Å². The number of amides is 1. The number of halogens is 1. The van der Waals surface area contributed by atoms with Gasteiger partial charge in [0.25, 0.3) is 0 Å². The molecule has 0 saturated carbocycles. The fourth-order valence-electron chi connectivity index (χ4n) is 2.92. The monoisotopic (exact) mass is 414 g/mol. The van der Waals surface area contributed by atoms with Crippen molar-refractivity contribution in [2.75, 3.05) is 19.6 Å². The van der Waals surface area contributed by atoms with Gasteiger partial charge in [0.05, 0.1) is 10.7 Å². The molecule has 0 aliphatic rings. The lowest BCUT2D eigenvalue weighted by molar-refractivity contribution is -0.122.